The van der Waals surface area contributed by atoms with Crippen molar-refractivity contribution in [1.29, 1.82) is 0 Å². The van der Waals surface area contributed by atoms with Gasteiger partial charge in [-0.05, 0) is 94.5 Å². The van der Waals surface area contributed by atoms with Crippen LogP contribution in [0.2, 0.25) is 10.0 Å². The third-order valence-electron chi connectivity index (χ3n) is 9.73. The zero-order chi connectivity index (χ0) is 38.0. The smallest absolute Gasteiger partial charge is 0.168 e. The van der Waals surface area contributed by atoms with Crippen LogP contribution in [0.15, 0.2) is 42.6 Å². The van der Waals surface area contributed by atoms with E-state index in [4.69, 9.17) is 38.1 Å². The number of carbonyl (C=O) groups is 2. The molecule has 0 aliphatic rings. The van der Waals surface area contributed by atoms with Gasteiger partial charge in [-0.3, -0.25) is 14.3 Å². The molecule has 0 saturated carbocycles. The number of aliphatic hydroxyl groups excluding tert-OH is 1. The number of ether oxygens (including phenoxy) is 1. The Bertz CT molecular complexity index is 2260. The second kappa shape index (κ2) is 15.9. The van der Waals surface area contributed by atoms with Gasteiger partial charge in [0.05, 0.1) is 39.7 Å². The number of rotatable bonds is 12. The highest BCUT2D eigenvalue weighted by Gasteiger charge is 2.28. The summed E-state index contributed by atoms with van der Waals surface area (Å²) in [6, 6.07) is 11.3. The van der Waals surface area contributed by atoms with Crippen LogP contribution in [-0.2, 0) is 20.5 Å². The van der Waals surface area contributed by atoms with Crippen molar-refractivity contribution in [2.45, 2.75) is 53.5 Å². The average Bonchev–Trinajstić information content (AvgIpc) is 3.72. The highest BCUT2D eigenvalue weighted by molar-refractivity contribution is 6.35. The molecular formula is C40H46Cl2N6O4. The number of pyridine rings is 1. The van der Waals surface area contributed by atoms with E-state index >= 15 is 0 Å². The molecule has 0 spiro atoms. The molecule has 0 bridgehead atoms. The molecule has 0 fully saturated rings. The number of fused-ring (bicyclic) bond motifs is 2. The Labute approximate surface area is 314 Å². The van der Waals surface area contributed by atoms with Crippen molar-refractivity contribution in [1.82, 2.24) is 23.9 Å². The van der Waals surface area contributed by atoms with E-state index in [1.54, 1.807) is 6.07 Å². The second-order valence-electron chi connectivity index (χ2n) is 13.2. The van der Waals surface area contributed by atoms with Gasteiger partial charge in [0.25, 0.3) is 0 Å². The van der Waals surface area contributed by atoms with E-state index in [-0.39, 0.29) is 6.04 Å². The van der Waals surface area contributed by atoms with Gasteiger partial charge < -0.3 is 23.9 Å². The first-order valence-electron chi connectivity index (χ1n) is 17.1. The molecule has 6 rings (SSSR count). The molecule has 0 aliphatic carbocycles. The number of aromatic nitrogens is 5. The Morgan fingerprint density at radius 2 is 1.67 bits per heavy atom. The second-order valence-corrected chi connectivity index (χ2v) is 14.0. The molecule has 52 heavy (non-hydrogen) atoms. The van der Waals surface area contributed by atoms with Crippen LogP contribution in [0.4, 0.5) is 5.69 Å². The van der Waals surface area contributed by atoms with Gasteiger partial charge in [0.2, 0.25) is 0 Å². The summed E-state index contributed by atoms with van der Waals surface area (Å²) in [6.07, 6.45) is 5.07. The molecule has 4 heterocycles. The largest absolute Gasteiger partial charge is 0.494 e. The average molecular weight is 746 g/mol. The number of hydrogen-bond acceptors (Lipinski definition) is 7. The molecule has 2 aromatic carbocycles. The summed E-state index contributed by atoms with van der Waals surface area (Å²) < 4.78 is 12.2. The lowest BCUT2D eigenvalue weighted by atomic mass is 9.98. The minimum Gasteiger partial charge on any atom is -0.494 e. The highest BCUT2D eigenvalue weighted by atomic mass is 35.5. The minimum atomic E-state index is -0.174. The van der Waals surface area contributed by atoms with Crippen LogP contribution >= 0.6 is 23.2 Å². The van der Waals surface area contributed by atoms with Crippen LogP contribution < -0.4 is 9.64 Å². The van der Waals surface area contributed by atoms with Crippen molar-refractivity contribution in [3.63, 3.8) is 0 Å². The molecule has 274 valence electrons. The molecule has 6 aromatic rings. The van der Waals surface area contributed by atoms with Gasteiger partial charge in [0, 0.05) is 74.3 Å². The van der Waals surface area contributed by atoms with Crippen LogP contribution in [-0.4, -0.2) is 68.9 Å². The lowest BCUT2D eigenvalue weighted by molar-refractivity contribution is 0.110. The van der Waals surface area contributed by atoms with Crippen LogP contribution in [0, 0.1) is 27.7 Å². The SMILES string of the molecule is CO.Cc1cc(OCCCc2c(C=O)n([C@H](C)CN(C)c3cn(C)c4ccc(C=O)nc34)c3c(-c4c(C)nn(C)c4C)c(Cl)ccc23)cc(C)c1Cl. The normalized spacial score (nSPS) is 11.8. The summed E-state index contributed by atoms with van der Waals surface area (Å²) in [6.45, 7) is 11.1. The zero-order valence-corrected chi connectivity index (χ0v) is 32.7. The first-order chi connectivity index (χ1) is 24.9. The van der Waals surface area contributed by atoms with Crippen molar-refractivity contribution in [2.75, 3.05) is 32.2 Å². The van der Waals surface area contributed by atoms with E-state index in [0.29, 0.717) is 42.4 Å². The zero-order valence-electron chi connectivity index (χ0n) is 31.2. The maximum absolute atomic E-state index is 13.2. The summed E-state index contributed by atoms with van der Waals surface area (Å²) in [7, 11) is 6.90. The molecule has 0 saturated heterocycles. The van der Waals surface area contributed by atoms with Gasteiger partial charge in [-0.25, -0.2) is 4.98 Å². The Morgan fingerprint density at radius 3 is 2.29 bits per heavy atom. The summed E-state index contributed by atoms with van der Waals surface area (Å²) >= 11 is 13.5. The molecule has 1 N–H and O–H groups in total. The number of halogens is 2. The number of benzene rings is 2. The lowest BCUT2D eigenvalue weighted by Gasteiger charge is -2.26. The molecule has 10 nitrogen and oxygen atoms in total. The van der Waals surface area contributed by atoms with Gasteiger partial charge >= 0.3 is 0 Å². The van der Waals surface area contributed by atoms with Crippen LogP contribution in [0.1, 0.15) is 68.4 Å². The van der Waals surface area contributed by atoms with Crippen LogP contribution in [0.3, 0.4) is 0 Å². The third-order valence-corrected chi connectivity index (χ3v) is 10.6. The summed E-state index contributed by atoms with van der Waals surface area (Å²) in [4.78, 5) is 31.5. The summed E-state index contributed by atoms with van der Waals surface area (Å²) in [5, 5.41) is 14.0. The number of hydrogen-bond donors (Lipinski definition) is 1. The maximum atomic E-state index is 13.2. The van der Waals surface area contributed by atoms with Gasteiger partial charge in [0.1, 0.15) is 17.0 Å². The van der Waals surface area contributed by atoms with E-state index in [2.05, 4.69) is 21.4 Å². The fourth-order valence-corrected chi connectivity index (χ4v) is 7.65. The van der Waals surface area contributed by atoms with Crippen molar-refractivity contribution >= 4 is 63.4 Å². The number of anilines is 1. The van der Waals surface area contributed by atoms with E-state index in [1.165, 1.54) is 0 Å². The molecule has 0 aliphatic heterocycles. The van der Waals surface area contributed by atoms with E-state index < -0.39 is 0 Å². The molecule has 4 aromatic heterocycles. The fraction of sp³-hybridized carbons (Fsp3) is 0.350. The van der Waals surface area contributed by atoms with Crippen LogP contribution in [0.25, 0.3) is 33.1 Å². The number of carbonyl (C=O) groups excluding carboxylic acids is 2. The van der Waals surface area contributed by atoms with Crippen molar-refractivity contribution in [2.24, 2.45) is 14.1 Å². The van der Waals surface area contributed by atoms with Crippen molar-refractivity contribution in [3.8, 4) is 16.9 Å². The van der Waals surface area contributed by atoms with E-state index in [1.807, 2.05) is 94.6 Å². The fourth-order valence-electron chi connectivity index (χ4n) is 7.29. The quantitative estimate of drug-likeness (QED) is 0.0991. The number of likely N-dealkylation sites (N-methyl/N-ethyl adjacent to an activating group) is 1. The van der Waals surface area contributed by atoms with Crippen molar-refractivity contribution in [3.05, 3.63) is 92.1 Å². The maximum Gasteiger partial charge on any atom is 0.168 e. The number of aryl methyl sites for hydroxylation is 6. The highest BCUT2D eigenvalue weighted by Crippen LogP contribution is 2.43. The number of nitrogens with zero attached hydrogens (tertiary/aromatic N) is 6. The van der Waals surface area contributed by atoms with Gasteiger partial charge in [0.15, 0.2) is 12.6 Å². The van der Waals surface area contributed by atoms with Gasteiger partial charge in [-0.15, -0.1) is 0 Å². The standard InChI is InChI=1S/C39H42Cl2N6O3.CH4O/c1-22-16-28(17-23(2)37(22)41)50-15-9-10-29-30-12-13-31(40)36(35-25(4)43-46(8)26(35)5)39(30)47(34(29)21-49)24(3)18-44(6)33-19-45(7)32-14-11-27(20-48)42-38(32)33;1-2/h11-14,16-17,19-21,24H,9-10,15,18H2,1-8H3;2H,1H3/t24-;/m1./s1. The predicted molar refractivity (Wildman–Crippen MR) is 211 cm³/mol. The summed E-state index contributed by atoms with van der Waals surface area (Å²) in [5.41, 5.74) is 11.0. The molecule has 0 amide bonds. The lowest BCUT2D eigenvalue weighted by Crippen LogP contribution is -2.27. The van der Waals surface area contributed by atoms with Gasteiger partial charge in [-0.2, -0.15) is 5.10 Å². The summed E-state index contributed by atoms with van der Waals surface area (Å²) in [5.74, 6) is 0.777. The molecule has 0 unspecified atom stereocenters. The van der Waals surface area contributed by atoms with E-state index in [9.17, 15) is 9.59 Å². The molecular weight excluding hydrogens is 699 g/mol. The first-order valence-corrected chi connectivity index (χ1v) is 17.9. The third kappa shape index (κ3) is 7.07. The number of aliphatic hydroxyl groups is 1. The first kappa shape index (κ1) is 38.6. The topological polar surface area (TPSA) is 107 Å². The predicted octanol–water partition coefficient (Wildman–Crippen LogP) is 8.41. The number of aldehydes is 2. The Kier molecular flexibility index (Phi) is 11.8. The van der Waals surface area contributed by atoms with Crippen molar-refractivity contribution < 1.29 is 19.4 Å². The minimum absolute atomic E-state index is 0.174. The monoisotopic (exact) mass is 744 g/mol. The van der Waals surface area contributed by atoms with Gasteiger partial charge in [-0.1, -0.05) is 29.3 Å². The molecule has 12 heteroatoms. The molecule has 1 atom stereocenters. The Balaban J connectivity index is 0.00000257. The molecule has 0 radical (unpaired) electrons. The Morgan fingerprint density at radius 1 is 0.981 bits per heavy atom. The van der Waals surface area contributed by atoms with Crippen LogP contribution in [0.5, 0.6) is 5.75 Å². The Hall–Kier alpha value is -4.64. The van der Waals surface area contributed by atoms with E-state index in [0.717, 1.165) is 97.3 Å².